The number of amides is 1. The first kappa shape index (κ1) is 16.0. The topological polar surface area (TPSA) is 72.9 Å². The Hall–Kier alpha value is -1.03. The molecule has 0 saturated carbocycles. The molecule has 0 bridgehead atoms. The summed E-state index contributed by atoms with van der Waals surface area (Å²) in [6, 6.07) is 0. The lowest BCUT2D eigenvalue weighted by Gasteiger charge is -2.38. The van der Waals surface area contributed by atoms with Crippen molar-refractivity contribution in [3.05, 3.63) is 0 Å². The van der Waals surface area contributed by atoms with E-state index in [1.807, 2.05) is 0 Å². The third-order valence-electron chi connectivity index (χ3n) is 2.05. The molecular weight excluding hydrogens is 291 g/mol. The summed E-state index contributed by atoms with van der Waals surface area (Å²) < 4.78 is 66.3. The zero-order valence-corrected chi connectivity index (χ0v) is 11.3. The van der Waals surface area contributed by atoms with Gasteiger partial charge < -0.3 is 9.64 Å². The number of nitrogens with zero attached hydrogens (tertiary/aromatic N) is 1. The van der Waals surface area contributed by atoms with Gasteiger partial charge in [0, 0.05) is 0 Å². The molecule has 0 radical (unpaired) electrons. The summed E-state index contributed by atoms with van der Waals surface area (Å²) in [5.41, 5.74) is -6.19. The largest absolute Gasteiger partial charge is 0.523 e. The zero-order valence-electron chi connectivity index (χ0n) is 10.5. The third kappa shape index (κ3) is 4.23. The number of carbonyl (C=O) groups is 1. The van der Waals surface area contributed by atoms with Gasteiger partial charge in [0.15, 0.2) is 0 Å². The number of rotatable bonds is 2. The number of hydrogen-bond donors (Lipinski definition) is 0. The van der Waals surface area contributed by atoms with E-state index in [9.17, 15) is 26.4 Å². The predicted octanol–water partition coefficient (Wildman–Crippen LogP) is 1.47. The number of ether oxygens (including phenoxy) is 1. The normalized spacial score (nSPS) is 18.1. The highest BCUT2D eigenvalue weighted by atomic mass is 32.2. The maximum Gasteiger partial charge on any atom is 0.523 e. The van der Waals surface area contributed by atoms with E-state index in [0.29, 0.717) is 0 Å². The van der Waals surface area contributed by atoms with Crippen LogP contribution < -0.4 is 0 Å². The van der Waals surface area contributed by atoms with Crippen molar-refractivity contribution in [2.24, 2.45) is 0 Å². The first-order valence-corrected chi connectivity index (χ1v) is 6.70. The van der Waals surface area contributed by atoms with Gasteiger partial charge in [-0.25, -0.2) is 4.79 Å². The van der Waals surface area contributed by atoms with Crippen molar-refractivity contribution >= 4 is 16.2 Å². The molecule has 0 aromatic rings. The molecule has 6 nitrogen and oxygen atoms in total. The minimum Gasteiger partial charge on any atom is -0.444 e. The Morgan fingerprint density at radius 3 is 2.05 bits per heavy atom. The van der Waals surface area contributed by atoms with Crippen molar-refractivity contribution in [3.63, 3.8) is 0 Å². The van der Waals surface area contributed by atoms with E-state index in [4.69, 9.17) is 4.74 Å². The molecule has 0 unspecified atom stereocenters. The molecule has 0 aliphatic carbocycles. The minimum absolute atomic E-state index is 0.260. The van der Waals surface area contributed by atoms with Crippen LogP contribution >= 0.6 is 0 Å². The second-order valence-corrected chi connectivity index (χ2v) is 6.57. The molecule has 0 atom stereocenters. The Labute approximate surface area is 108 Å². The molecule has 0 N–H and O–H groups in total. The molecule has 10 heteroatoms. The maximum atomic E-state index is 12.0. The first-order valence-electron chi connectivity index (χ1n) is 5.29. The van der Waals surface area contributed by atoms with Crippen LogP contribution in [0.25, 0.3) is 0 Å². The second-order valence-electron chi connectivity index (χ2n) is 5.00. The molecule has 0 aromatic heterocycles. The zero-order chi connectivity index (χ0) is 15.1. The van der Waals surface area contributed by atoms with Crippen molar-refractivity contribution in [2.75, 3.05) is 13.1 Å². The Morgan fingerprint density at radius 1 is 1.21 bits per heavy atom. The van der Waals surface area contributed by atoms with Gasteiger partial charge in [-0.2, -0.15) is 21.6 Å². The van der Waals surface area contributed by atoms with E-state index in [1.54, 1.807) is 20.8 Å². The van der Waals surface area contributed by atoms with Gasteiger partial charge in [0.2, 0.25) is 0 Å². The highest BCUT2D eigenvalue weighted by Crippen LogP contribution is 2.28. The van der Waals surface area contributed by atoms with E-state index in [-0.39, 0.29) is 13.1 Å². The highest BCUT2D eigenvalue weighted by Gasteiger charge is 2.50. The van der Waals surface area contributed by atoms with Crippen LogP contribution in [0.3, 0.4) is 0 Å². The maximum absolute atomic E-state index is 12.0. The molecule has 0 spiro atoms. The molecule has 0 aromatic carbocycles. The van der Waals surface area contributed by atoms with Crippen molar-refractivity contribution in [1.29, 1.82) is 0 Å². The summed E-state index contributed by atoms with van der Waals surface area (Å²) in [7, 11) is -5.62. The van der Waals surface area contributed by atoms with Crippen LogP contribution in [0.5, 0.6) is 0 Å². The molecule has 1 rings (SSSR count). The van der Waals surface area contributed by atoms with Gasteiger partial charge in [-0.05, 0) is 20.8 Å². The fraction of sp³-hybridized carbons (Fsp3) is 0.889. The monoisotopic (exact) mass is 305 g/mol. The van der Waals surface area contributed by atoms with Gasteiger partial charge in [-0.1, -0.05) is 0 Å². The fourth-order valence-corrected chi connectivity index (χ4v) is 1.80. The van der Waals surface area contributed by atoms with Gasteiger partial charge in [0.05, 0.1) is 13.1 Å². The molecule has 1 fully saturated rings. The Morgan fingerprint density at radius 2 is 1.68 bits per heavy atom. The van der Waals surface area contributed by atoms with Crippen LogP contribution in [-0.4, -0.2) is 49.7 Å². The quantitative estimate of drug-likeness (QED) is 0.570. The molecule has 1 amide bonds. The second kappa shape index (κ2) is 4.82. The predicted molar refractivity (Wildman–Crippen MR) is 57.7 cm³/mol. The standard InChI is InChI=1S/C9H14F3NO5S/c1-8(2,3)17-7(14)13-4-6(5-13)18-19(15,16)9(10,11)12/h6H,4-5H2,1-3H3. The average molecular weight is 305 g/mol. The summed E-state index contributed by atoms with van der Waals surface area (Å²) in [6.07, 6.45) is -1.92. The lowest BCUT2D eigenvalue weighted by Crippen LogP contribution is -2.57. The Bertz CT molecular complexity index is 447. The lowest BCUT2D eigenvalue weighted by atomic mass is 10.2. The van der Waals surface area contributed by atoms with E-state index in [2.05, 4.69) is 4.18 Å². The van der Waals surface area contributed by atoms with Gasteiger partial charge in [0.1, 0.15) is 11.7 Å². The summed E-state index contributed by atoms with van der Waals surface area (Å²) in [5.74, 6) is 0. The highest BCUT2D eigenvalue weighted by molar-refractivity contribution is 7.87. The smallest absolute Gasteiger partial charge is 0.444 e. The molecule has 1 aliphatic rings. The van der Waals surface area contributed by atoms with Gasteiger partial charge >= 0.3 is 21.7 Å². The fourth-order valence-electron chi connectivity index (χ4n) is 1.21. The van der Waals surface area contributed by atoms with Crippen LogP contribution in [-0.2, 0) is 19.0 Å². The minimum atomic E-state index is -5.62. The van der Waals surface area contributed by atoms with Crippen molar-refractivity contribution in [1.82, 2.24) is 4.90 Å². The van der Waals surface area contributed by atoms with Gasteiger partial charge in [0.25, 0.3) is 0 Å². The Kier molecular flexibility index (Phi) is 4.06. The number of carbonyl (C=O) groups excluding carboxylic acids is 1. The van der Waals surface area contributed by atoms with Crippen LogP contribution in [0, 0.1) is 0 Å². The molecule has 19 heavy (non-hydrogen) atoms. The van der Waals surface area contributed by atoms with Crippen LogP contribution in [0.4, 0.5) is 18.0 Å². The van der Waals surface area contributed by atoms with Crippen LogP contribution in [0.15, 0.2) is 0 Å². The van der Waals surface area contributed by atoms with E-state index >= 15 is 0 Å². The Balaban J connectivity index is 2.46. The number of likely N-dealkylation sites (tertiary alicyclic amines) is 1. The van der Waals surface area contributed by atoms with Gasteiger partial charge in [-0.15, -0.1) is 0 Å². The first-order chi connectivity index (χ1) is 8.32. The molecule has 112 valence electrons. The third-order valence-corrected chi connectivity index (χ3v) is 3.14. The molecular formula is C9H14F3NO5S. The summed E-state index contributed by atoms with van der Waals surface area (Å²) >= 11 is 0. The van der Waals surface area contributed by atoms with E-state index in [1.165, 1.54) is 0 Å². The van der Waals surface area contributed by atoms with E-state index in [0.717, 1.165) is 4.90 Å². The van der Waals surface area contributed by atoms with Crippen LogP contribution in [0.2, 0.25) is 0 Å². The summed E-state index contributed by atoms with van der Waals surface area (Å²) in [5, 5.41) is 0. The van der Waals surface area contributed by atoms with E-state index < -0.39 is 33.4 Å². The lowest BCUT2D eigenvalue weighted by molar-refractivity contribution is -0.0675. The van der Waals surface area contributed by atoms with Crippen molar-refractivity contribution in [3.8, 4) is 0 Å². The number of hydrogen-bond acceptors (Lipinski definition) is 5. The number of alkyl halides is 3. The van der Waals surface area contributed by atoms with Crippen molar-refractivity contribution in [2.45, 2.75) is 38.0 Å². The molecule has 1 heterocycles. The van der Waals surface area contributed by atoms with Gasteiger partial charge in [-0.3, -0.25) is 4.18 Å². The number of halogens is 3. The molecule has 1 saturated heterocycles. The van der Waals surface area contributed by atoms with Crippen LogP contribution in [0.1, 0.15) is 20.8 Å². The summed E-state index contributed by atoms with van der Waals surface area (Å²) in [6.45, 7) is 4.38. The summed E-state index contributed by atoms with van der Waals surface area (Å²) in [4.78, 5) is 12.5. The molecule has 1 aliphatic heterocycles. The van der Waals surface area contributed by atoms with Crippen molar-refractivity contribution < 1.29 is 35.3 Å². The average Bonchev–Trinajstić information content (AvgIpc) is 2.05. The SMILES string of the molecule is CC(C)(C)OC(=O)N1CC(OS(=O)(=O)C(F)(F)F)C1.